The highest BCUT2D eigenvalue weighted by Crippen LogP contribution is 2.26. The Morgan fingerprint density at radius 2 is 1.73 bits per heavy atom. The topological polar surface area (TPSA) is 172 Å². The quantitative estimate of drug-likeness (QED) is 0.271. The highest BCUT2D eigenvalue weighted by molar-refractivity contribution is 5.85. The van der Waals surface area contributed by atoms with Gasteiger partial charge < -0.3 is 44.5 Å². The van der Waals surface area contributed by atoms with Gasteiger partial charge in [0.1, 0.15) is 36.8 Å². The van der Waals surface area contributed by atoms with Crippen LogP contribution in [0.3, 0.4) is 0 Å². The van der Waals surface area contributed by atoms with E-state index in [2.05, 4.69) is 4.74 Å². The van der Waals surface area contributed by atoms with Crippen molar-refractivity contribution in [2.45, 2.75) is 69.6 Å². The Labute approximate surface area is 191 Å². The molecule has 2 rings (SSSR count). The van der Waals surface area contributed by atoms with Crippen LogP contribution in [0.4, 0.5) is 0 Å². The Balaban J connectivity index is 1.98. The summed E-state index contributed by atoms with van der Waals surface area (Å²) in [6, 6.07) is 6.13. The van der Waals surface area contributed by atoms with Crippen LogP contribution < -0.4 is 4.74 Å². The molecule has 5 N–H and O–H groups in total. The lowest BCUT2D eigenvalue weighted by Gasteiger charge is -2.39. The molecule has 1 aliphatic rings. The van der Waals surface area contributed by atoms with E-state index in [-0.39, 0.29) is 24.7 Å². The van der Waals surface area contributed by atoms with Gasteiger partial charge in [-0.15, -0.1) is 0 Å². The van der Waals surface area contributed by atoms with E-state index < -0.39 is 61.3 Å². The van der Waals surface area contributed by atoms with E-state index >= 15 is 0 Å². The summed E-state index contributed by atoms with van der Waals surface area (Å²) in [7, 11) is 1.16. The zero-order valence-corrected chi connectivity index (χ0v) is 18.8. The number of ether oxygens (including phenoxy) is 4. The first-order valence-corrected chi connectivity index (χ1v) is 10.5. The zero-order valence-electron chi connectivity index (χ0n) is 18.8. The number of hydrogen-bond donors (Lipinski definition) is 5. The maximum Gasteiger partial charge on any atom is 0.339 e. The van der Waals surface area contributed by atoms with E-state index in [9.17, 15) is 35.1 Å². The molecule has 0 aliphatic carbocycles. The van der Waals surface area contributed by atoms with Crippen LogP contribution in [0.2, 0.25) is 0 Å². The Bertz CT molecular complexity index is 779. The Hall–Kier alpha value is -2.28. The minimum absolute atomic E-state index is 0.0206. The van der Waals surface area contributed by atoms with Crippen LogP contribution in [0.1, 0.15) is 32.3 Å². The number of benzene rings is 1. The van der Waals surface area contributed by atoms with Crippen LogP contribution >= 0.6 is 0 Å². The Morgan fingerprint density at radius 3 is 2.27 bits per heavy atom. The largest absolute Gasteiger partial charge is 0.469 e. The molecule has 0 spiro atoms. The smallest absolute Gasteiger partial charge is 0.339 e. The fourth-order valence-electron chi connectivity index (χ4n) is 3.46. The van der Waals surface area contributed by atoms with Crippen LogP contribution in [0.25, 0.3) is 0 Å². The molecule has 1 heterocycles. The van der Waals surface area contributed by atoms with Gasteiger partial charge in [0, 0.05) is 0 Å². The minimum Gasteiger partial charge on any atom is -0.469 e. The summed E-state index contributed by atoms with van der Waals surface area (Å²) >= 11 is 0. The first-order chi connectivity index (χ1) is 15.5. The number of aliphatic hydroxyl groups is 5. The van der Waals surface area contributed by atoms with Gasteiger partial charge in [0.2, 0.25) is 6.29 Å². The molecule has 6 unspecified atom stereocenters. The molecule has 0 saturated carbocycles. The number of esters is 2. The Kier molecular flexibility index (Phi) is 9.58. The molecular weight excluding hydrogens is 440 g/mol. The maximum atomic E-state index is 12.5. The second-order valence-corrected chi connectivity index (χ2v) is 8.42. The first-order valence-electron chi connectivity index (χ1n) is 10.5. The summed E-state index contributed by atoms with van der Waals surface area (Å²) in [6.45, 7) is 2.84. The summed E-state index contributed by atoms with van der Waals surface area (Å²) in [4.78, 5) is 24.1. The third-order valence-corrected chi connectivity index (χ3v) is 5.18. The molecule has 1 saturated heterocycles. The van der Waals surface area contributed by atoms with Crippen molar-refractivity contribution in [2.24, 2.45) is 5.92 Å². The number of methoxy groups -OCH3 is 1. The molecule has 1 aromatic rings. The molecular formula is C22H32O11. The van der Waals surface area contributed by atoms with Gasteiger partial charge in [-0.1, -0.05) is 26.0 Å². The van der Waals surface area contributed by atoms with E-state index in [4.69, 9.17) is 14.2 Å². The SMILES string of the molecule is COC(=O)CC(O)(CC(C)C)C(=O)OCc1ccc(OC2OC(CO)C(O)C(O)C2O)cc1. The fourth-order valence-corrected chi connectivity index (χ4v) is 3.46. The summed E-state index contributed by atoms with van der Waals surface area (Å²) in [6.07, 6.45) is -7.52. The summed E-state index contributed by atoms with van der Waals surface area (Å²) in [5.41, 5.74) is -1.46. The Morgan fingerprint density at radius 1 is 1.09 bits per heavy atom. The van der Waals surface area contributed by atoms with E-state index in [1.54, 1.807) is 26.0 Å². The van der Waals surface area contributed by atoms with Crippen LogP contribution in [0.5, 0.6) is 5.75 Å². The van der Waals surface area contributed by atoms with E-state index in [1.807, 2.05) is 0 Å². The number of rotatable bonds is 10. The van der Waals surface area contributed by atoms with Crippen molar-refractivity contribution in [3.63, 3.8) is 0 Å². The molecule has 1 aromatic carbocycles. The molecule has 0 radical (unpaired) electrons. The predicted molar refractivity (Wildman–Crippen MR) is 112 cm³/mol. The molecule has 11 nitrogen and oxygen atoms in total. The third kappa shape index (κ3) is 7.10. The fraction of sp³-hybridized carbons (Fsp3) is 0.636. The standard InChI is InChI=1S/C22H32O11/c1-12(2)8-22(29,9-16(24)30-3)21(28)31-11-13-4-6-14(7-5-13)32-20-19(27)18(26)17(25)15(10-23)33-20/h4-7,12,15,17-20,23,25-27,29H,8-11H2,1-3H3. The van der Waals surface area contributed by atoms with Crippen molar-refractivity contribution in [3.8, 4) is 5.75 Å². The van der Waals surface area contributed by atoms with Crippen molar-refractivity contribution in [2.75, 3.05) is 13.7 Å². The van der Waals surface area contributed by atoms with Gasteiger partial charge in [0.15, 0.2) is 5.60 Å². The number of aliphatic hydroxyl groups excluding tert-OH is 4. The van der Waals surface area contributed by atoms with Crippen LogP contribution in [0.15, 0.2) is 24.3 Å². The summed E-state index contributed by atoms with van der Waals surface area (Å²) in [5, 5.41) is 49.6. The van der Waals surface area contributed by atoms with Crippen molar-refractivity contribution < 1.29 is 54.1 Å². The maximum absolute atomic E-state index is 12.5. The van der Waals surface area contributed by atoms with Crippen LogP contribution in [-0.2, 0) is 30.4 Å². The van der Waals surface area contributed by atoms with E-state index in [0.717, 1.165) is 7.11 Å². The molecule has 0 amide bonds. The average molecular weight is 472 g/mol. The summed E-state index contributed by atoms with van der Waals surface area (Å²) in [5.74, 6) is -1.50. The molecule has 11 heteroatoms. The van der Waals surface area contributed by atoms with Gasteiger partial charge in [-0.05, 0) is 30.0 Å². The van der Waals surface area contributed by atoms with Crippen molar-refractivity contribution in [1.82, 2.24) is 0 Å². The number of carbonyl (C=O) groups excluding carboxylic acids is 2. The lowest BCUT2D eigenvalue weighted by molar-refractivity contribution is -0.277. The predicted octanol–water partition coefficient (Wildman–Crippen LogP) is -0.751. The van der Waals surface area contributed by atoms with E-state index in [0.29, 0.717) is 5.56 Å². The van der Waals surface area contributed by atoms with Gasteiger partial charge in [0.25, 0.3) is 0 Å². The van der Waals surface area contributed by atoms with Gasteiger partial charge in [-0.2, -0.15) is 0 Å². The minimum atomic E-state index is -2.01. The average Bonchev–Trinajstić information content (AvgIpc) is 2.77. The third-order valence-electron chi connectivity index (χ3n) is 5.18. The molecule has 186 valence electrons. The van der Waals surface area contributed by atoms with E-state index in [1.165, 1.54) is 12.1 Å². The van der Waals surface area contributed by atoms with Gasteiger partial charge in [-0.3, -0.25) is 4.79 Å². The van der Waals surface area contributed by atoms with Gasteiger partial charge in [0.05, 0.1) is 20.1 Å². The van der Waals surface area contributed by atoms with Crippen LogP contribution in [-0.4, -0.2) is 87.5 Å². The second-order valence-electron chi connectivity index (χ2n) is 8.42. The molecule has 33 heavy (non-hydrogen) atoms. The molecule has 0 bridgehead atoms. The monoisotopic (exact) mass is 472 g/mol. The summed E-state index contributed by atoms with van der Waals surface area (Å²) < 4.78 is 20.6. The van der Waals surface area contributed by atoms with Gasteiger partial charge in [-0.25, -0.2) is 4.79 Å². The lowest BCUT2D eigenvalue weighted by atomic mass is 9.89. The van der Waals surface area contributed by atoms with Crippen molar-refractivity contribution in [3.05, 3.63) is 29.8 Å². The number of hydrogen-bond acceptors (Lipinski definition) is 11. The molecule has 1 aliphatic heterocycles. The van der Waals surface area contributed by atoms with Crippen LogP contribution in [0, 0.1) is 5.92 Å². The second kappa shape index (κ2) is 11.7. The number of carbonyl (C=O) groups is 2. The highest BCUT2D eigenvalue weighted by atomic mass is 16.7. The van der Waals surface area contributed by atoms with Crippen molar-refractivity contribution >= 4 is 11.9 Å². The van der Waals surface area contributed by atoms with Gasteiger partial charge >= 0.3 is 11.9 Å². The molecule has 0 aromatic heterocycles. The molecule has 1 fully saturated rings. The zero-order chi connectivity index (χ0) is 24.8. The molecule has 6 atom stereocenters. The lowest BCUT2D eigenvalue weighted by Crippen LogP contribution is -2.60. The highest BCUT2D eigenvalue weighted by Gasteiger charge is 2.45. The van der Waals surface area contributed by atoms with Crippen molar-refractivity contribution in [1.29, 1.82) is 0 Å². The normalized spacial score (nSPS) is 27.0. The first kappa shape index (κ1) is 27.0.